The number of rotatable bonds is 4. The average Bonchev–Trinajstić information content (AvgIpc) is 2.75. The topological polar surface area (TPSA) is 59.5 Å². The molecule has 4 heteroatoms. The molecule has 1 aromatic carbocycles. The van der Waals surface area contributed by atoms with E-state index in [1.165, 1.54) is 0 Å². The zero-order valence-corrected chi connectivity index (χ0v) is 12.1. The van der Waals surface area contributed by atoms with Gasteiger partial charge in [0.1, 0.15) is 11.5 Å². The Hall–Kier alpha value is -2.23. The van der Waals surface area contributed by atoms with E-state index in [0.29, 0.717) is 23.6 Å². The number of hydrogen-bond donors (Lipinski definition) is 1. The highest BCUT2D eigenvalue weighted by Gasteiger charge is 2.22. The van der Waals surface area contributed by atoms with E-state index in [0.717, 1.165) is 17.9 Å². The van der Waals surface area contributed by atoms with Crippen LogP contribution < -0.4 is 10.6 Å². The number of amides is 1. The minimum atomic E-state index is -0.0703. The molecule has 0 bridgehead atoms. The molecular formula is C16H20N2O2. The summed E-state index contributed by atoms with van der Waals surface area (Å²) in [5, 5.41) is 0. The molecule has 0 fully saturated rings. The van der Waals surface area contributed by atoms with Crippen molar-refractivity contribution in [2.45, 2.75) is 27.2 Å². The van der Waals surface area contributed by atoms with Crippen LogP contribution in [0, 0.1) is 13.8 Å². The number of anilines is 2. The molecule has 106 valence electrons. The van der Waals surface area contributed by atoms with Crippen molar-refractivity contribution in [2.24, 2.45) is 0 Å². The second-order valence-electron chi connectivity index (χ2n) is 4.84. The number of aryl methyl sites for hydroxylation is 2. The molecule has 0 aliphatic rings. The summed E-state index contributed by atoms with van der Waals surface area (Å²) in [5.74, 6) is 1.31. The van der Waals surface area contributed by atoms with Gasteiger partial charge in [0.2, 0.25) is 0 Å². The third-order valence-corrected chi connectivity index (χ3v) is 3.19. The van der Waals surface area contributed by atoms with Gasteiger partial charge >= 0.3 is 0 Å². The third-order valence-electron chi connectivity index (χ3n) is 3.19. The molecule has 0 saturated carbocycles. The molecule has 2 aromatic rings. The number of para-hydroxylation sites is 2. The van der Waals surface area contributed by atoms with Gasteiger partial charge in [-0.25, -0.2) is 0 Å². The van der Waals surface area contributed by atoms with E-state index in [1.54, 1.807) is 24.0 Å². The number of nitrogen functional groups attached to an aromatic ring is 1. The molecule has 4 nitrogen and oxygen atoms in total. The van der Waals surface area contributed by atoms with Crippen LogP contribution in [0.4, 0.5) is 11.4 Å². The smallest absolute Gasteiger partial charge is 0.261 e. The second kappa shape index (κ2) is 5.82. The fourth-order valence-electron chi connectivity index (χ4n) is 2.28. The van der Waals surface area contributed by atoms with Gasteiger partial charge in [0.25, 0.3) is 5.91 Å². The van der Waals surface area contributed by atoms with Gasteiger partial charge < -0.3 is 15.1 Å². The van der Waals surface area contributed by atoms with Crippen LogP contribution in [0.1, 0.15) is 35.2 Å². The summed E-state index contributed by atoms with van der Waals surface area (Å²) in [7, 11) is 0. The summed E-state index contributed by atoms with van der Waals surface area (Å²) < 4.78 is 5.45. The van der Waals surface area contributed by atoms with E-state index in [1.807, 2.05) is 32.0 Å². The quantitative estimate of drug-likeness (QED) is 0.866. The third kappa shape index (κ3) is 2.69. The lowest BCUT2D eigenvalue weighted by atomic mass is 10.1. The van der Waals surface area contributed by atoms with Gasteiger partial charge in [-0.2, -0.15) is 0 Å². The zero-order valence-electron chi connectivity index (χ0n) is 12.1. The summed E-state index contributed by atoms with van der Waals surface area (Å²) in [4.78, 5) is 14.4. The van der Waals surface area contributed by atoms with Crippen LogP contribution >= 0.6 is 0 Å². The SMILES string of the molecule is CCCN(C(=O)c1cc(C)oc1C)c1ccccc1N. The molecule has 20 heavy (non-hydrogen) atoms. The summed E-state index contributed by atoms with van der Waals surface area (Å²) in [6.07, 6.45) is 0.857. The Kier molecular flexibility index (Phi) is 4.13. The minimum absolute atomic E-state index is 0.0703. The molecule has 1 amide bonds. The van der Waals surface area contributed by atoms with Gasteiger partial charge in [0.05, 0.1) is 16.9 Å². The predicted molar refractivity (Wildman–Crippen MR) is 81.0 cm³/mol. The molecule has 0 atom stereocenters. The highest BCUT2D eigenvalue weighted by molar-refractivity contribution is 6.08. The van der Waals surface area contributed by atoms with E-state index < -0.39 is 0 Å². The molecule has 0 aliphatic carbocycles. The molecule has 0 radical (unpaired) electrons. The van der Waals surface area contributed by atoms with Crippen LogP contribution in [-0.4, -0.2) is 12.5 Å². The number of hydrogen-bond acceptors (Lipinski definition) is 3. The van der Waals surface area contributed by atoms with Gasteiger partial charge in [0.15, 0.2) is 0 Å². The van der Waals surface area contributed by atoms with Crippen molar-refractivity contribution in [3.63, 3.8) is 0 Å². The van der Waals surface area contributed by atoms with Crippen molar-refractivity contribution >= 4 is 17.3 Å². The molecule has 0 aliphatic heterocycles. The first-order valence-corrected chi connectivity index (χ1v) is 6.78. The highest BCUT2D eigenvalue weighted by Crippen LogP contribution is 2.26. The van der Waals surface area contributed by atoms with Crippen LogP contribution in [0.3, 0.4) is 0 Å². The first-order valence-electron chi connectivity index (χ1n) is 6.78. The van der Waals surface area contributed by atoms with Crippen LogP contribution in [0.25, 0.3) is 0 Å². The van der Waals surface area contributed by atoms with Crippen LogP contribution in [0.2, 0.25) is 0 Å². The fourth-order valence-corrected chi connectivity index (χ4v) is 2.28. The van der Waals surface area contributed by atoms with E-state index >= 15 is 0 Å². The minimum Gasteiger partial charge on any atom is -0.466 e. The standard InChI is InChI=1S/C16H20N2O2/c1-4-9-18(15-8-6-5-7-14(15)17)16(19)13-10-11(2)20-12(13)3/h5-8,10H,4,9,17H2,1-3H3. The largest absolute Gasteiger partial charge is 0.466 e. The van der Waals surface area contributed by atoms with E-state index in [-0.39, 0.29) is 5.91 Å². The van der Waals surface area contributed by atoms with Crippen molar-refractivity contribution in [3.05, 3.63) is 47.4 Å². The van der Waals surface area contributed by atoms with Gasteiger partial charge in [-0.15, -0.1) is 0 Å². The van der Waals surface area contributed by atoms with E-state index in [4.69, 9.17) is 10.2 Å². The fraction of sp³-hybridized carbons (Fsp3) is 0.312. The highest BCUT2D eigenvalue weighted by atomic mass is 16.3. The Labute approximate surface area is 119 Å². The Morgan fingerprint density at radius 2 is 2.00 bits per heavy atom. The van der Waals surface area contributed by atoms with Gasteiger partial charge in [-0.05, 0) is 38.5 Å². The molecule has 2 rings (SSSR count). The molecule has 2 N–H and O–H groups in total. The van der Waals surface area contributed by atoms with Crippen molar-refractivity contribution in [1.29, 1.82) is 0 Å². The molecule has 1 aromatic heterocycles. The Morgan fingerprint density at radius 1 is 1.30 bits per heavy atom. The van der Waals surface area contributed by atoms with Gasteiger partial charge in [-0.1, -0.05) is 19.1 Å². The lowest BCUT2D eigenvalue weighted by molar-refractivity contribution is 0.0985. The normalized spacial score (nSPS) is 10.6. The Bertz CT molecular complexity index is 617. The van der Waals surface area contributed by atoms with Crippen molar-refractivity contribution in [3.8, 4) is 0 Å². The summed E-state index contributed by atoms with van der Waals surface area (Å²) in [5.41, 5.74) is 7.94. The zero-order chi connectivity index (χ0) is 14.7. The molecular weight excluding hydrogens is 252 g/mol. The summed E-state index contributed by atoms with van der Waals surface area (Å²) >= 11 is 0. The lowest BCUT2D eigenvalue weighted by Crippen LogP contribution is -2.32. The predicted octanol–water partition coefficient (Wildman–Crippen LogP) is 3.54. The van der Waals surface area contributed by atoms with Crippen LogP contribution in [-0.2, 0) is 0 Å². The number of carbonyl (C=O) groups is 1. The van der Waals surface area contributed by atoms with E-state index in [9.17, 15) is 4.79 Å². The lowest BCUT2D eigenvalue weighted by Gasteiger charge is -2.23. The van der Waals surface area contributed by atoms with Gasteiger partial charge in [0, 0.05) is 6.54 Å². The second-order valence-corrected chi connectivity index (χ2v) is 4.84. The molecule has 0 spiro atoms. The first kappa shape index (κ1) is 14.2. The summed E-state index contributed by atoms with van der Waals surface area (Å²) in [6, 6.07) is 9.19. The van der Waals surface area contributed by atoms with Crippen molar-refractivity contribution in [2.75, 3.05) is 17.2 Å². The summed E-state index contributed by atoms with van der Waals surface area (Å²) in [6.45, 7) is 6.30. The Balaban J connectivity index is 2.41. The number of carbonyl (C=O) groups excluding carboxylic acids is 1. The number of furan rings is 1. The first-order chi connectivity index (χ1) is 9.54. The monoisotopic (exact) mass is 272 g/mol. The maximum atomic E-state index is 12.7. The number of nitrogens with two attached hydrogens (primary N) is 1. The van der Waals surface area contributed by atoms with Gasteiger partial charge in [-0.3, -0.25) is 4.79 Å². The molecule has 0 unspecified atom stereocenters. The van der Waals surface area contributed by atoms with Crippen molar-refractivity contribution < 1.29 is 9.21 Å². The maximum absolute atomic E-state index is 12.7. The number of nitrogens with zero attached hydrogens (tertiary/aromatic N) is 1. The van der Waals surface area contributed by atoms with Crippen LogP contribution in [0.5, 0.6) is 0 Å². The molecule has 1 heterocycles. The van der Waals surface area contributed by atoms with Crippen molar-refractivity contribution in [1.82, 2.24) is 0 Å². The van der Waals surface area contributed by atoms with Crippen LogP contribution in [0.15, 0.2) is 34.7 Å². The van der Waals surface area contributed by atoms with E-state index in [2.05, 4.69) is 0 Å². The average molecular weight is 272 g/mol. The molecule has 0 saturated heterocycles. The maximum Gasteiger partial charge on any atom is 0.261 e. The Morgan fingerprint density at radius 3 is 2.55 bits per heavy atom. The number of benzene rings is 1.